The van der Waals surface area contributed by atoms with Crippen molar-refractivity contribution in [3.8, 4) is 0 Å². The third-order valence-corrected chi connectivity index (χ3v) is 4.17. The molecule has 0 aliphatic carbocycles. The Bertz CT molecular complexity index is 604. The highest BCUT2D eigenvalue weighted by Crippen LogP contribution is 2.35. The lowest BCUT2D eigenvalue weighted by atomic mass is 10.0. The minimum atomic E-state index is -0.311. The number of hydrogen-bond acceptors (Lipinski definition) is 4. The van der Waals surface area contributed by atoms with Crippen LogP contribution < -0.4 is 0 Å². The molecule has 0 saturated heterocycles. The van der Waals surface area contributed by atoms with Gasteiger partial charge in [-0.25, -0.2) is 0 Å². The van der Waals surface area contributed by atoms with E-state index in [9.17, 15) is 9.59 Å². The third-order valence-electron chi connectivity index (χ3n) is 3.12. The molecule has 1 aliphatic heterocycles. The Hall–Kier alpha value is -1.85. The molecule has 4 nitrogen and oxygen atoms in total. The minimum Gasteiger partial charge on any atom is -0.396 e. The van der Waals surface area contributed by atoms with Gasteiger partial charge in [-0.2, -0.15) is 0 Å². The van der Waals surface area contributed by atoms with Gasteiger partial charge < -0.3 is 5.11 Å². The highest BCUT2D eigenvalue weighted by molar-refractivity contribution is 8.04. The average Bonchev–Trinajstić information content (AvgIpc) is 2.71. The van der Waals surface area contributed by atoms with Gasteiger partial charge in [-0.1, -0.05) is 35.9 Å². The van der Waals surface area contributed by atoms with Crippen molar-refractivity contribution < 1.29 is 14.7 Å². The van der Waals surface area contributed by atoms with Gasteiger partial charge in [0.25, 0.3) is 11.8 Å². The molecule has 21 heavy (non-hydrogen) atoms. The topological polar surface area (TPSA) is 57.6 Å². The standard InChI is InChI=1S/C16H17NO3S/c1-3-8-17-15(19)13(12-6-4-11(2)5-7-12)14(16(17)20)21-10-9-18/h3-7,18H,1,8-10H2,2H3. The number of aliphatic hydroxyl groups excluding tert-OH is 1. The molecule has 0 spiro atoms. The summed E-state index contributed by atoms with van der Waals surface area (Å²) in [4.78, 5) is 26.4. The molecule has 1 N–H and O–H groups in total. The molecule has 0 radical (unpaired) electrons. The number of aliphatic hydroxyl groups is 1. The van der Waals surface area contributed by atoms with Crippen LogP contribution in [0.1, 0.15) is 11.1 Å². The van der Waals surface area contributed by atoms with E-state index in [1.807, 2.05) is 31.2 Å². The van der Waals surface area contributed by atoms with Crippen LogP contribution in [-0.2, 0) is 9.59 Å². The lowest BCUT2D eigenvalue weighted by Gasteiger charge is -2.11. The zero-order chi connectivity index (χ0) is 15.4. The summed E-state index contributed by atoms with van der Waals surface area (Å²) in [7, 11) is 0. The second-order valence-electron chi connectivity index (χ2n) is 4.65. The number of imide groups is 1. The monoisotopic (exact) mass is 303 g/mol. The van der Waals surface area contributed by atoms with Crippen LogP contribution in [0.25, 0.3) is 5.57 Å². The number of hydrogen-bond donors (Lipinski definition) is 1. The van der Waals surface area contributed by atoms with E-state index in [0.29, 0.717) is 16.2 Å². The zero-order valence-corrected chi connectivity index (χ0v) is 12.7. The van der Waals surface area contributed by atoms with Crippen LogP contribution in [0, 0.1) is 6.92 Å². The van der Waals surface area contributed by atoms with Crippen LogP contribution in [0.2, 0.25) is 0 Å². The SMILES string of the molecule is C=CCN1C(=O)C(SCCO)=C(c2ccc(C)cc2)C1=O. The first-order valence-electron chi connectivity index (χ1n) is 6.62. The highest BCUT2D eigenvalue weighted by atomic mass is 32.2. The number of aryl methyl sites for hydroxylation is 1. The minimum absolute atomic E-state index is 0.0434. The van der Waals surface area contributed by atoms with Crippen molar-refractivity contribution in [1.82, 2.24) is 4.90 Å². The second-order valence-corrected chi connectivity index (χ2v) is 5.76. The summed E-state index contributed by atoms with van der Waals surface area (Å²) in [5, 5.41) is 8.97. The van der Waals surface area contributed by atoms with E-state index in [-0.39, 0.29) is 25.0 Å². The van der Waals surface area contributed by atoms with Crippen molar-refractivity contribution in [3.63, 3.8) is 0 Å². The fourth-order valence-electron chi connectivity index (χ4n) is 2.11. The molecule has 0 bridgehead atoms. The molecular formula is C16H17NO3S. The molecule has 0 fully saturated rings. The maximum atomic E-state index is 12.5. The number of carbonyl (C=O) groups excluding carboxylic acids is 2. The van der Waals surface area contributed by atoms with Crippen LogP contribution in [0.5, 0.6) is 0 Å². The van der Waals surface area contributed by atoms with Gasteiger partial charge in [-0.05, 0) is 12.5 Å². The van der Waals surface area contributed by atoms with Crippen LogP contribution in [0.15, 0.2) is 41.8 Å². The van der Waals surface area contributed by atoms with Crippen LogP contribution in [0.4, 0.5) is 0 Å². The smallest absolute Gasteiger partial charge is 0.268 e. The lowest BCUT2D eigenvalue weighted by molar-refractivity contribution is -0.135. The van der Waals surface area contributed by atoms with Crippen molar-refractivity contribution in [3.05, 3.63) is 53.0 Å². The number of thioether (sulfide) groups is 1. The van der Waals surface area contributed by atoms with E-state index in [1.165, 1.54) is 22.7 Å². The van der Waals surface area contributed by atoms with E-state index in [0.717, 1.165) is 11.1 Å². The Morgan fingerprint density at radius 2 is 1.90 bits per heavy atom. The molecule has 1 aromatic rings. The van der Waals surface area contributed by atoms with Gasteiger partial charge in [-0.3, -0.25) is 14.5 Å². The summed E-state index contributed by atoms with van der Waals surface area (Å²) in [6, 6.07) is 7.49. The van der Waals surface area contributed by atoms with Crippen molar-refractivity contribution in [2.45, 2.75) is 6.92 Å². The Morgan fingerprint density at radius 1 is 1.24 bits per heavy atom. The van der Waals surface area contributed by atoms with Crippen LogP contribution in [0.3, 0.4) is 0 Å². The summed E-state index contributed by atoms with van der Waals surface area (Å²) in [5.74, 6) is -0.232. The maximum absolute atomic E-state index is 12.5. The summed E-state index contributed by atoms with van der Waals surface area (Å²) >= 11 is 1.22. The number of benzene rings is 1. The molecule has 110 valence electrons. The molecule has 1 aliphatic rings. The first kappa shape index (κ1) is 15.5. The Morgan fingerprint density at radius 3 is 2.48 bits per heavy atom. The first-order chi connectivity index (χ1) is 10.1. The highest BCUT2D eigenvalue weighted by Gasteiger charge is 2.38. The van der Waals surface area contributed by atoms with Crippen molar-refractivity contribution in [2.24, 2.45) is 0 Å². The number of amides is 2. The Kier molecular flexibility index (Phi) is 4.98. The van der Waals surface area contributed by atoms with Gasteiger partial charge in [0, 0.05) is 12.3 Å². The van der Waals surface area contributed by atoms with Gasteiger partial charge in [0.1, 0.15) is 0 Å². The lowest BCUT2D eigenvalue weighted by Crippen LogP contribution is -2.31. The largest absolute Gasteiger partial charge is 0.396 e. The van der Waals surface area contributed by atoms with E-state index in [1.54, 1.807) is 0 Å². The molecule has 0 saturated carbocycles. The van der Waals surface area contributed by atoms with Gasteiger partial charge >= 0.3 is 0 Å². The fourth-order valence-corrected chi connectivity index (χ4v) is 2.98. The average molecular weight is 303 g/mol. The maximum Gasteiger partial charge on any atom is 0.268 e. The molecule has 0 atom stereocenters. The van der Waals surface area contributed by atoms with E-state index >= 15 is 0 Å². The van der Waals surface area contributed by atoms with E-state index in [4.69, 9.17) is 5.11 Å². The summed E-state index contributed by atoms with van der Waals surface area (Å²) < 4.78 is 0. The summed E-state index contributed by atoms with van der Waals surface area (Å²) in [6.45, 7) is 5.69. The molecule has 2 amide bonds. The van der Waals surface area contributed by atoms with Gasteiger partial charge in [0.05, 0.1) is 17.1 Å². The van der Waals surface area contributed by atoms with Gasteiger partial charge in [0.15, 0.2) is 0 Å². The zero-order valence-electron chi connectivity index (χ0n) is 11.8. The Labute approximate surface area is 128 Å². The predicted octanol–water partition coefficient (Wildman–Crippen LogP) is 1.99. The van der Waals surface area contributed by atoms with E-state index in [2.05, 4.69) is 6.58 Å². The summed E-state index contributed by atoms with van der Waals surface area (Å²) in [6.07, 6.45) is 1.53. The Balaban J connectivity index is 2.45. The van der Waals surface area contributed by atoms with Gasteiger partial charge in [-0.15, -0.1) is 18.3 Å². The second kappa shape index (κ2) is 6.74. The molecule has 5 heteroatoms. The van der Waals surface area contributed by atoms with Gasteiger partial charge in [0.2, 0.25) is 0 Å². The number of nitrogens with zero attached hydrogens (tertiary/aromatic N) is 1. The molecule has 1 aromatic carbocycles. The van der Waals surface area contributed by atoms with Crippen LogP contribution >= 0.6 is 11.8 Å². The van der Waals surface area contributed by atoms with Crippen molar-refractivity contribution in [2.75, 3.05) is 18.9 Å². The van der Waals surface area contributed by atoms with E-state index < -0.39 is 0 Å². The molecule has 2 rings (SSSR count). The molecular weight excluding hydrogens is 286 g/mol. The predicted molar refractivity (Wildman–Crippen MR) is 84.6 cm³/mol. The number of carbonyl (C=O) groups is 2. The summed E-state index contributed by atoms with van der Waals surface area (Å²) in [5.41, 5.74) is 2.23. The van der Waals surface area contributed by atoms with Crippen molar-refractivity contribution in [1.29, 1.82) is 0 Å². The van der Waals surface area contributed by atoms with Crippen LogP contribution in [-0.4, -0.2) is 40.7 Å². The molecule has 0 unspecified atom stereocenters. The molecule has 0 aromatic heterocycles. The normalized spacial score (nSPS) is 15.0. The first-order valence-corrected chi connectivity index (χ1v) is 7.60. The quantitative estimate of drug-likeness (QED) is 0.645. The number of rotatable bonds is 6. The van der Waals surface area contributed by atoms with Crippen molar-refractivity contribution >= 4 is 29.1 Å². The molecule has 1 heterocycles. The third kappa shape index (κ3) is 3.09. The fraction of sp³-hybridized carbons (Fsp3) is 0.250.